The minimum Gasteiger partial charge on any atom is -0.480 e. The number of hydrogen-bond acceptors (Lipinski definition) is 2. The van der Waals surface area contributed by atoms with Crippen LogP contribution in [0.5, 0.6) is 0 Å². The summed E-state index contributed by atoms with van der Waals surface area (Å²) in [7, 11) is 0. The van der Waals surface area contributed by atoms with Crippen LogP contribution in [-0.4, -0.2) is 34.6 Å². The van der Waals surface area contributed by atoms with Gasteiger partial charge in [0.05, 0.1) is 0 Å². The highest BCUT2D eigenvalue weighted by molar-refractivity contribution is 9.10. The molecule has 1 aromatic carbocycles. The molecule has 1 saturated heterocycles. The fraction of sp³-hybridized carbons (Fsp3) is 0.467. The molecule has 1 aromatic rings. The molecule has 0 aliphatic carbocycles. The van der Waals surface area contributed by atoms with Gasteiger partial charge in [-0.3, -0.25) is 0 Å². The summed E-state index contributed by atoms with van der Waals surface area (Å²) in [6, 6.07) is 4.48. The molecule has 1 heterocycles. The van der Waals surface area contributed by atoms with E-state index < -0.39 is 12.0 Å². The molecule has 2 amide bonds. The number of aryl methyl sites for hydroxylation is 1. The van der Waals surface area contributed by atoms with Crippen LogP contribution in [0.4, 0.5) is 10.5 Å². The van der Waals surface area contributed by atoms with Gasteiger partial charge in [0, 0.05) is 16.7 Å². The summed E-state index contributed by atoms with van der Waals surface area (Å²) in [4.78, 5) is 25.2. The van der Waals surface area contributed by atoms with Crippen LogP contribution in [-0.2, 0) is 4.79 Å². The third-order valence-electron chi connectivity index (χ3n) is 3.74. The van der Waals surface area contributed by atoms with Gasteiger partial charge in [-0.1, -0.05) is 22.9 Å². The van der Waals surface area contributed by atoms with Crippen LogP contribution >= 0.6 is 15.9 Å². The molecular weight excluding hydrogens is 336 g/mol. The first kappa shape index (κ1) is 15.8. The zero-order chi connectivity index (χ0) is 15.6. The van der Waals surface area contributed by atoms with Crippen LogP contribution < -0.4 is 5.32 Å². The topological polar surface area (TPSA) is 69.6 Å². The maximum Gasteiger partial charge on any atom is 0.326 e. The average molecular weight is 355 g/mol. The summed E-state index contributed by atoms with van der Waals surface area (Å²) in [5, 5.41) is 12.1. The fourth-order valence-electron chi connectivity index (χ4n) is 2.80. The minimum atomic E-state index is -0.942. The van der Waals surface area contributed by atoms with Crippen molar-refractivity contribution in [3.05, 3.63) is 28.2 Å². The molecule has 2 unspecified atom stereocenters. The van der Waals surface area contributed by atoms with Gasteiger partial charge in [-0.15, -0.1) is 0 Å². The van der Waals surface area contributed by atoms with Gasteiger partial charge in [0.15, 0.2) is 0 Å². The number of amides is 2. The molecule has 0 spiro atoms. The molecule has 114 valence electrons. The number of hydrogen-bond donors (Lipinski definition) is 2. The van der Waals surface area contributed by atoms with E-state index in [9.17, 15) is 14.7 Å². The monoisotopic (exact) mass is 354 g/mol. The van der Waals surface area contributed by atoms with Crippen molar-refractivity contribution in [2.24, 2.45) is 5.92 Å². The molecule has 5 nitrogen and oxygen atoms in total. The number of halogens is 1. The SMILES string of the molecule is Cc1cc(Br)cc(NC(=O)N2CCCC(C)C2C(=O)O)c1. The first-order valence-electron chi connectivity index (χ1n) is 6.96. The Morgan fingerprint density at radius 3 is 2.71 bits per heavy atom. The lowest BCUT2D eigenvalue weighted by molar-refractivity contribution is -0.145. The van der Waals surface area contributed by atoms with E-state index in [2.05, 4.69) is 21.2 Å². The molecule has 1 aliphatic heterocycles. The van der Waals surface area contributed by atoms with Gasteiger partial charge in [-0.25, -0.2) is 9.59 Å². The smallest absolute Gasteiger partial charge is 0.326 e. The molecule has 6 heteroatoms. The lowest BCUT2D eigenvalue weighted by atomic mass is 9.91. The molecule has 21 heavy (non-hydrogen) atoms. The summed E-state index contributed by atoms with van der Waals surface area (Å²) in [6.45, 7) is 4.28. The van der Waals surface area contributed by atoms with E-state index in [1.54, 1.807) is 6.07 Å². The summed E-state index contributed by atoms with van der Waals surface area (Å²) in [5.41, 5.74) is 1.68. The number of nitrogens with one attached hydrogen (secondary N) is 1. The van der Waals surface area contributed by atoms with E-state index in [-0.39, 0.29) is 11.9 Å². The van der Waals surface area contributed by atoms with Crippen molar-refractivity contribution in [3.63, 3.8) is 0 Å². The fourth-order valence-corrected chi connectivity index (χ4v) is 3.40. The largest absolute Gasteiger partial charge is 0.480 e. The van der Waals surface area contributed by atoms with E-state index in [1.165, 1.54) is 4.90 Å². The van der Waals surface area contributed by atoms with E-state index in [1.807, 2.05) is 26.0 Å². The highest BCUT2D eigenvalue weighted by Crippen LogP contribution is 2.25. The summed E-state index contributed by atoms with van der Waals surface area (Å²) >= 11 is 3.38. The van der Waals surface area contributed by atoms with Crippen LogP contribution in [0.15, 0.2) is 22.7 Å². The number of rotatable bonds is 2. The minimum absolute atomic E-state index is 0.0359. The Morgan fingerprint density at radius 1 is 1.38 bits per heavy atom. The van der Waals surface area contributed by atoms with Crippen LogP contribution in [0, 0.1) is 12.8 Å². The van der Waals surface area contributed by atoms with Gasteiger partial charge in [-0.05, 0) is 49.4 Å². The van der Waals surface area contributed by atoms with Crippen LogP contribution in [0.3, 0.4) is 0 Å². The van der Waals surface area contributed by atoms with Crippen molar-refractivity contribution in [2.45, 2.75) is 32.7 Å². The number of piperidine rings is 1. The third kappa shape index (κ3) is 3.75. The highest BCUT2D eigenvalue weighted by Gasteiger charge is 2.37. The molecule has 2 rings (SSSR count). The molecule has 0 aromatic heterocycles. The van der Waals surface area contributed by atoms with Crippen molar-refractivity contribution < 1.29 is 14.7 Å². The Bertz CT molecular complexity index is 542. The number of urea groups is 1. The van der Waals surface area contributed by atoms with Gasteiger partial charge in [-0.2, -0.15) is 0 Å². The number of likely N-dealkylation sites (tertiary alicyclic amines) is 1. The molecule has 0 saturated carbocycles. The van der Waals surface area contributed by atoms with Crippen molar-refractivity contribution in [3.8, 4) is 0 Å². The van der Waals surface area contributed by atoms with Gasteiger partial charge in [0.1, 0.15) is 6.04 Å². The van der Waals surface area contributed by atoms with E-state index in [0.717, 1.165) is 22.9 Å². The standard InChI is InChI=1S/C15H19BrN2O3/c1-9-6-11(16)8-12(7-9)17-15(21)18-5-3-4-10(2)13(18)14(19)20/h6-8,10,13H,3-5H2,1-2H3,(H,17,21)(H,19,20). The first-order chi connectivity index (χ1) is 9.88. The van der Waals surface area contributed by atoms with Gasteiger partial charge < -0.3 is 15.3 Å². The van der Waals surface area contributed by atoms with Crippen LogP contribution in [0.25, 0.3) is 0 Å². The first-order valence-corrected chi connectivity index (χ1v) is 7.75. The van der Waals surface area contributed by atoms with Crippen molar-refractivity contribution in [1.29, 1.82) is 0 Å². The number of anilines is 1. The average Bonchev–Trinajstić information content (AvgIpc) is 2.36. The van der Waals surface area contributed by atoms with Gasteiger partial charge in [0.25, 0.3) is 0 Å². The number of carbonyl (C=O) groups is 2. The number of carboxylic acids is 1. The second-order valence-electron chi connectivity index (χ2n) is 5.54. The van der Waals surface area contributed by atoms with Crippen molar-refractivity contribution in [1.82, 2.24) is 4.90 Å². The van der Waals surface area contributed by atoms with E-state index in [0.29, 0.717) is 12.2 Å². The Morgan fingerprint density at radius 2 is 2.10 bits per heavy atom. The predicted octanol–water partition coefficient (Wildman–Crippen LogP) is 3.47. The molecule has 2 atom stereocenters. The maximum absolute atomic E-state index is 12.4. The molecule has 1 fully saturated rings. The third-order valence-corrected chi connectivity index (χ3v) is 4.20. The second-order valence-corrected chi connectivity index (χ2v) is 6.46. The van der Waals surface area contributed by atoms with Crippen molar-refractivity contribution in [2.75, 3.05) is 11.9 Å². The number of aliphatic carboxylic acids is 1. The second kappa shape index (κ2) is 6.47. The molecule has 0 radical (unpaired) electrons. The quantitative estimate of drug-likeness (QED) is 0.853. The molecule has 0 bridgehead atoms. The lowest BCUT2D eigenvalue weighted by Crippen LogP contribution is -2.53. The van der Waals surface area contributed by atoms with Crippen LogP contribution in [0.2, 0.25) is 0 Å². The van der Waals surface area contributed by atoms with Crippen molar-refractivity contribution >= 4 is 33.6 Å². The zero-order valence-corrected chi connectivity index (χ0v) is 13.7. The lowest BCUT2D eigenvalue weighted by Gasteiger charge is -2.37. The van der Waals surface area contributed by atoms with E-state index >= 15 is 0 Å². The Balaban J connectivity index is 2.16. The molecular formula is C15H19BrN2O3. The summed E-state index contributed by atoms with van der Waals surface area (Å²) in [5.74, 6) is -0.978. The molecule has 1 aliphatic rings. The zero-order valence-electron chi connectivity index (χ0n) is 12.1. The predicted molar refractivity (Wildman–Crippen MR) is 84.4 cm³/mol. The number of benzene rings is 1. The maximum atomic E-state index is 12.4. The van der Waals surface area contributed by atoms with Gasteiger partial charge >= 0.3 is 12.0 Å². The Kier molecular flexibility index (Phi) is 4.88. The number of carbonyl (C=O) groups excluding carboxylic acids is 1. The molecule has 2 N–H and O–H groups in total. The number of nitrogens with zero attached hydrogens (tertiary/aromatic N) is 1. The van der Waals surface area contributed by atoms with Crippen LogP contribution in [0.1, 0.15) is 25.3 Å². The number of carboxylic acid groups (broad SMARTS) is 1. The van der Waals surface area contributed by atoms with E-state index in [4.69, 9.17) is 0 Å². The normalized spacial score (nSPS) is 22.0. The Labute approximate surface area is 132 Å². The van der Waals surface area contributed by atoms with Gasteiger partial charge in [0.2, 0.25) is 0 Å². The Hall–Kier alpha value is -1.56. The summed E-state index contributed by atoms with van der Waals surface area (Å²) < 4.78 is 0.875. The highest BCUT2D eigenvalue weighted by atomic mass is 79.9. The summed E-state index contributed by atoms with van der Waals surface area (Å²) in [6.07, 6.45) is 1.66.